The van der Waals surface area contributed by atoms with E-state index in [1.807, 2.05) is 32.9 Å². The zero-order chi connectivity index (χ0) is 18.8. The summed E-state index contributed by atoms with van der Waals surface area (Å²) < 4.78 is 5.45. The molecule has 0 saturated heterocycles. The van der Waals surface area contributed by atoms with Gasteiger partial charge in [0, 0.05) is 0 Å². The maximum absolute atomic E-state index is 12.2. The van der Waals surface area contributed by atoms with Gasteiger partial charge in [0.2, 0.25) is 0 Å². The number of rotatable bonds is 5. The molecule has 0 aliphatic carbocycles. The van der Waals surface area contributed by atoms with E-state index >= 15 is 0 Å². The summed E-state index contributed by atoms with van der Waals surface area (Å²) in [5, 5.41) is 0. The Kier molecular flexibility index (Phi) is 6.30. The van der Waals surface area contributed by atoms with Crippen molar-refractivity contribution in [2.45, 2.75) is 86.7 Å². The van der Waals surface area contributed by atoms with Gasteiger partial charge in [-0.05, 0) is 61.6 Å². The summed E-state index contributed by atoms with van der Waals surface area (Å²) in [6, 6.07) is 8.02. The number of ether oxygens (including phenoxy) is 1. The maximum atomic E-state index is 12.2. The lowest BCUT2D eigenvalue weighted by atomic mass is 9.67. The molecule has 0 radical (unpaired) electrons. The van der Waals surface area contributed by atoms with Crippen molar-refractivity contribution in [2.75, 3.05) is 0 Å². The minimum Gasteiger partial charge on any atom is -0.456 e. The average molecular weight is 333 g/mol. The Bertz CT molecular complexity index is 539. The monoisotopic (exact) mass is 332 g/mol. The predicted molar refractivity (Wildman–Crippen MR) is 102 cm³/mol. The molecule has 1 rings (SSSR count). The highest BCUT2D eigenvalue weighted by Gasteiger charge is 2.32. The molecule has 2 nitrogen and oxygen atoms in total. The summed E-state index contributed by atoms with van der Waals surface area (Å²) in [5.41, 5.74) is 1.96. The van der Waals surface area contributed by atoms with E-state index in [2.05, 4.69) is 53.7 Å². The van der Waals surface area contributed by atoms with Gasteiger partial charge in [-0.25, -0.2) is 4.79 Å². The third kappa shape index (κ3) is 6.30. The lowest BCUT2D eigenvalue weighted by Gasteiger charge is -2.38. The highest BCUT2D eigenvalue weighted by molar-refractivity contribution is 5.89. The molecule has 2 heteroatoms. The van der Waals surface area contributed by atoms with Gasteiger partial charge < -0.3 is 4.74 Å². The fraction of sp³-hybridized carbons (Fsp3) is 0.682. The van der Waals surface area contributed by atoms with E-state index in [-0.39, 0.29) is 16.8 Å². The van der Waals surface area contributed by atoms with Crippen LogP contribution >= 0.6 is 0 Å². The summed E-state index contributed by atoms with van der Waals surface area (Å²) in [4.78, 5) is 12.2. The van der Waals surface area contributed by atoms with E-state index < -0.39 is 5.60 Å². The molecule has 24 heavy (non-hydrogen) atoms. The highest BCUT2D eigenvalue weighted by atomic mass is 16.6. The van der Waals surface area contributed by atoms with Gasteiger partial charge in [-0.15, -0.1) is 0 Å². The topological polar surface area (TPSA) is 26.3 Å². The number of benzene rings is 1. The number of hydrogen-bond donors (Lipinski definition) is 0. The van der Waals surface area contributed by atoms with Crippen LogP contribution in [0, 0.1) is 10.8 Å². The van der Waals surface area contributed by atoms with Crippen LogP contribution in [0.15, 0.2) is 24.3 Å². The Morgan fingerprint density at radius 2 is 1.46 bits per heavy atom. The quantitative estimate of drug-likeness (QED) is 0.568. The Balaban J connectivity index is 3.08. The molecule has 0 bridgehead atoms. The second-order valence-electron chi connectivity index (χ2n) is 9.78. The van der Waals surface area contributed by atoms with Crippen LogP contribution in [-0.2, 0) is 4.74 Å². The molecule has 0 N–H and O–H groups in total. The summed E-state index contributed by atoms with van der Waals surface area (Å²) in [6.45, 7) is 19.5. The smallest absolute Gasteiger partial charge is 0.338 e. The number of carbonyl (C=O) groups is 1. The Morgan fingerprint density at radius 1 is 0.958 bits per heavy atom. The van der Waals surface area contributed by atoms with E-state index in [1.54, 1.807) is 0 Å². The van der Waals surface area contributed by atoms with Crippen molar-refractivity contribution in [1.29, 1.82) is 0 Å². The van der Waals surface area contributed by atoms with Crippen molar-refractivity contribution in [3.05, 3.63) is 35.4 Å². The van der Waals surface area contributed by atoms with Crippen LogP contribution in [0.3, 0.4) is 0 Å². The SMILES string of the molecule is CCC(C)(C)C(CC(C)(C)C)c1ccc(C(=O)OC(C)(C)C)cc1. The normalized spacial score (nSPS) is 14.4. The molecule has 1 aromatic rings. The first-order valence-corrected chi connectivity index (χ1v) is 9.08. The fourth-order valence-corrected chi connectivity index (χ4v) is 2.89. The van der Waals surface area contributed by atoms with Gasteiger partial charge in [0.15, 0.2) is 0 Å². The second-order valence-corrected chi connectivity index (χ2v) is 9.78. The zero-order valence-electron chi connectivity index (χ0n) is 17.1. The van der Waals surface area contributed by atoms with Crippen LogP contribution in [-0.4, -0.2) is 11.6 Å². The molecule has 0 aliphatic rings. The Morgan fingerprint density at radius 3 is 1.83 bits per heavy atom. The van der Waals surface area contributed by atoms with Gasteiger partial charge in [0.1, 0.15) is 5.60 Å². The fourth-order valence-electron chi connectivity index (χ4n) is 2.89. The molecule has 0 amide bonds. The predicted octanol–water partition coefficient (Wildman–Crippen LogP) is 6.60. The lowest BCUT2D eigenvalue weighted by Crippen LogP contribution is -2.26. The summed E-state index contributed by atoms with van der Waals surface area (Å²) in [7, 11) is 0. The molecule has 0 heterocycles. The molecule has 0 spiro atoms. The van der Waals surface area contributed by atoms with Gasteiger partial charge in [0.05, 0.1) is 5.56 Å². The molecule has 1 atom stereocenters. The standard InChI is InChI=1S/C22H36O2/c1-10-22(8,9)18(15-20(2,3)4)16-11-13-17(14-12-16)19(23)24-21(5,6)7/h11-14,18H,10,15H2,1-9H3. The first kappa shape index (κ1) is 20.7. The minimum atomic E-state index is -0.464. The van der Waals surface area contributed by atoms with Crippen LogP contribution in [0.1, 0.15) is 97.0 Å². The number of esters is 1. The van der Waals surface area contributed by atoms with E-state index in [0.29, 0.717) is 11.5 Å². The van der Waals surface area contributed by atoms with E-state index in [0.717, 1.165) is 12.8 Å². The first-order chi connectivity index (χ1) is 10.7. The Hall–Kier alpha value is -1.31. The lowest BCUT2D eigenvalue weighted by molar-refractivity contribution is 0.00695. The Labute approximate surface area is 149 Å². The maximum Gasteiger partial charge on any atom is 0.338 e. The molecule has 0 aliphatic heterocycles. The molecule has 0 fully saturated rings. The summed E-state index contributed by atoms with van der Waals surface area (Å²) in [6.07, 6.45) is 2.25. The van der Waals surface area contributed by atoms with Crippen LogP contribution in [0.4, 0.5) is 0 Å². The van der Waals surface area contributed by atoms with E-state index in [9.17, 15) is 4.79 Å². The van der Waals surface area contributed by atoms with E-state index in [1.165, 1.54) is 5.56 Å². The second kappa shape index (κ2) is 7.29. The van der Waals surface area contributed by atoms with Crippen molar-refractivity contribution in [1.82, 2.24) is 0 Å². The highest BCUT2D eigenvalue weighted by Crippen LogP contribution is 2.45. The summed E-state index contributed by atoms with van der Waals surface area (Å²) >= 11 is 0. The van der Waals surface area contributed by atoms with Gasteiger partial charge in [-0.3, -0.25) is 0 Å². The molecule has 136 valence electrons. The average Bonchev–Trinajstić information content (AvgIpc) is 2.42. The van der Waals surface area contributed by atoms with Crippen molar-refractivity contribution in [3.8, 4) is 0 Å². The van der Waals surface area contributed by atoms with Crippen molar-refractivity contribution >= 4 is 5.97 Å². The molecular weight excluding hydrogens is 296 g/mol. The van der Waals surface area contributed by atoms with Gasteiger partial charge in [0.25, 0.3) is 0 Å². The number of carbonyl (C=O) groups excluding carboxylic acids is 1. The molecule has 0 aromatic heterocycles. The molecule has 1 aromatic carbocycles. The van der Waals surface area contributed by atoms with Crippen LogP contribution in [0.5, 0.6) is 0 Å². The van der Waals surface area contributed by atoms with Gasteiger partial charge in [-0.2, -0.15) is 0 Å². The van der Waals surface area contributed by atoms with Gasteiger partial charge in [-0.1, -0.05) is 60.1 Å². The van der Waals surface area contributed by atoms with Crippen LogP contribution < -0.4 is 0 Å². The summed E-state index contributed by atoms with van der Waals surface area (Å²) in [5.74, 6) is 0.214. The van der Waals surface area contributed by atoms with Crippen molar-refractivity contribution < 1.29 is 9.53 Å². The van der Waals surface area contributed by atoms with E-state index in [4.69, 9.17) is 4.74 Å². The molecular formula is C22H36O2. The largest absolute Gasteiger partial charge is 0.456 e. The molecule has 0 saturated carbocycles. The first-order valence-electron chi connectivity index (χ1n) is 9.08. The molecule has 1 unspecified atom stereocenters. The minimum absolute atomic E-state index is 0.223. The third-order valence-electron chi connectivity index (χ3n) is 4.62. The third-order valence-corrected chi connectivity index (χ3v) is 4.62. The van der Waals surface area contributed by atoms with Crippen LogP contribution in [0.2, 0.25) is 0 Å². The van der Waals surface area contributed by atoms with Gasteiger partial charge >= 0.3 is 5.97 Å². The van der Waals surface area contributed by atoms with Crippen LogP contribution in [0.25, 0.3) is 0 Å². The number of hydrogen-bond acceptors (Lipinski definition) is 2. The van der Waals surface area contributed by atoms with Crippen molar-refractivity contribution in [2.24, 2.45) is 10.8 Å². The zero-order valence-corrected chi connectivity index (χ0v) is 17.1. The van der Waals surface area contributed by atoms with Crippen molar-refractivity contribution in [3.63, 3.8) is 0 Å².